The molecule has 0 radical (unpaired) electrons. The molecule has 0 saturated heterocycles. The van der Waals surface area contributed by atoms with E-state index in [1.54, 1.807) is 0 Å². The summed E-state index contributed by atoms with van der Waals surface area (Å²) in [7, 11) is 0. The molecule has 7 nitrogen and oxygen atoms in total. The minimum atomic E-state index is -0.833. The van der Waals surface area contributed by atoms with Crippen molar-refractivity contribution in [2.24, 2.45) is 0 Å². The Kier molecular flexibility index (Phi) is 36.3. The lowest BCUT2D eigenvalue weighted by Crippen LogP contribution is -2.16. The van der Waals surface area contributed by atoms with Crippen molar-refractivity contribution in [3.8, 4) is 0 Å². The zero-order valence-corrected chi connectivity index (χ0v) is 13.7. The van der Waals surface area contributed by atoms with Gasteiger partial charge in [0, 0.05) is 20.5 Å². The molecule has 0 saturated carbocycles. The Bertz CT molecular complexity index is 184. The van der Waals surface area contributed by atoms with Crippen molar-refractivity contribution < 1.29 is 24.9 Å². The fourth-order valence-electron chi connectivity index (χ4n) is 1.16. The second kappa shape index (κ2) is 27.2. The van der Waals surface area contributed by atoms with Crippen LogP contribution >= 0.6 is 0 Å². The fourth-order valence-corrected chi connectivity index (χ4v) is 1.16. The van der Waals surface area contributed by atoms with Crippen LogP contribution in [-0.2, 0) is 9.59 Å². The maximum absolute atomic E-state index is 9.00. The lowest BCUT2D eigenvalue weighted by atomic mass is 10.2. The average molecular weight is 310 g/mol. The van der Waals surface area contributed by atoms with Crippen molar-refractivity contribution in [2.45, 2.75) is 59.3 Å². The number of rotatable bonds is 9. The number of unbranched alkanes of at least 4 members (excludes halogenated alkanes) is 4. The van der Waals surface area contributed by atoms with Crippen LogP contribution in [0.3, 0.4) is 0 Å². The van der Waals surface area contributed by atoms with Crippen molar-refractivity contribution in [2.75, 3.05) is 19.7 Å². The first-order chi connectivity index (χ1) is 9.38. The summed E-state index contributed by atoms with van der Waals surface area (Å²) in [6.45, 7) is 7.01. The Hall–Kier alpha value is -1.18. The molecule has 0 atom stereocenters. The maximum Gasteiger partial charge on any atom is 0.300 e. The lowest BCUT2D eigenvalue weighted by Gasteiger charge is -2.02. The first kappa shape index (κ1) is 28.0. The number of carboxylic acids is 2. The van der Waals surface area contributed by atoms with Crippen molar-refractivity contribution in [1.82, 2.24) is 11.5 Å². The van der Waals surface area contributed by atoms with Gasteiger partial charge in [-0.05, 0) is 38.8 Å². The van der Waals surface area contributed by atoms with E-state index in [0.717, 1.165) is 39.8 Å². The molecular weight excluding hydrogens is 276 g/mol. The Morgan fingerprint density at radius 1 is 0.857 bits per heavy atom. The molecule has 0 amide bonds. The molecule has 21 heavy (non-hydrogen) atoms. The molecule has 7 heteroatoms. The van der Waals surface area contributed by atoms with Crippen molar-refractivity contribution >= 4 is 11.9 Å². The number of aliphatic hydroxyl groups excluding tert-OH is 1. The summed E-state index contributed by atoms with van der Waals surface area (Å²) in [6, 6.07) is 0. The van der Waals surface area contributed by atoms with E-state index in [4.69, 9.17) is 24.9 Å². The van der Waals surface area contributed by atoms with Gasteiger partial charge in [-0.15, -0.1) is 0 Å². The Morgan fingerprint density at radius 3 is 1.57 bits per heavy atom. The molecule has 0 aromatic rings. The van der Waals surface area contributed by atoms with Gasteiger partial charge in [-0.3, -0.25) is 9.59 Å². The largest absolute Gasteiger partial charge is 0.481 e. The van der Waals surface area contributed by atoms with E-state index >= 15 is 0 Å². The summed E-state index contributed by atoms with van der Waals surface area (Å²) >= 11 is 0. The summed E-state index contributed by atoms with van der Waals surface area (Å²) in [5.74, 6) is -1.67. The highest BCUT2D eigenvalue weighted by atomic mass is 16.4. The molecule has 130 valence electrons. The highest BCUT2D eigenvalue weighted by Gasteiger charge is 1.88. The highest BCUT2D eigenvalue weighted by Crippen LogP contribution is 1.93. The number of hydrogen-bond acceptors (Lipinski definition) is 5. The van der Waals surface area contributed by atoms with Gasteiger partial charge in [0.25, 0.3) is 11.9 Å². The second-order valence-corrected chi connectivity index (χ2v) is 4.28. The standard InChI is InChI=1S/C10H23NO.2C2H4O2.H3N/c1-2-3-5-8-11-9-6-4-7-10-12;2*1-2(3)4;/h11-12H,2-10H2,1H3;2*1H3,(H,3,4);1H3. The van der Waals surface area contributed by atoms with E-state index in [0.29, 0.717) is 6.61 Å². The predicted octanol–water partition coefficient (Wildman–Crippen LogP) is 2.27. The van der Waals surface area contributed by atoms with Crippen LogP contribution in [0.4, 0.5) is 0 Å². The van der Waals surface area contributed by atoms with Crippen LogP contribution in [0, 0.1) is 0 Å². The number of nitrogens with one attached hydrogen (secondary N) is 1. The second-order valence-electron chi connectivity index (χ2n) is 4.28. The Morgan fingerprint density at radius 2 is 1.24 bits per heavy atom. The third-order valence-corrected chi connectivity index (χ3v) is 1.97. The van der Waals surface area contributed by atoms with E-state index in [2.05, 4.69) is 12.2 Å². The van der Waals surface area contributed by atoms with Gasteiger partial charge >= 0.3 is 0 Å². The molecule has 0 fully saturated rings. The molecule has 0 spiro atoms. The highest BCUT2D eigenvalue weighted by molar-refractivity contribution is 5.63. The molecule has 0 aliphatic heterocycles. The molecule has 0 unspecified atom stereocenters. The topological polar surface area (TPSA) is 142 Å². The normalized spacial score (nSPS) is 8.38. The van der Waals surface area contributed by atoms with Crippen LogP contribution in [0.5, 0.6) is 0 Å². The zero-order valence-electron chi connectivity index (χ0n) is 13.7. The fraction of sp³-hybridized carbons (Fsp3) is 0.857. The molecule has 0 heterocycles. The minimum Gasteiger partial charge on any atom is -0.481 e. The first-order valence-electron chi connectivity index (χ1n) is 7.09. The van der Waals surface area contributed by atoms with E-state index in [1.165, 1.54) is 25.7 Å². The molecule has 0 aliphatic carbocycles. The maximum atomic E-state index is 9.00. The number of aliphatic hydroxyl groups is 1. The van der Waals surface area contributed by atoms with Crippen LogP contribution in [0.2, 0.25) is 0 Å². The summed E-state index contributed by atoms with van der Waals surface area (Å²) in [6.07, 6.45) is 7.24. The van der Waals surface area contributed by atoms with E-state index in [-0.39, 0.29) is 6.15 Å². The molecule has 0 aromatic heterocycles. The van der Waals surface area contributed by atoms with Gasteiger partial charge in [0.2, 0.25) is 0 Å². The Balaban J connectivity index is -0.000000134. The van der Waals surface area contributed by atoms with E-state index < -0.39 is 11.9 Å². The third-order valence-electron chi connectivity index (χ3n) is 1.97. The van der Waals surface area contributed by atoms with Crippen LogP contribution in [0.25, 0.3) is 0 Å². The first-order valence-corrected chi connectivity index (χ1v) is 7.09. The van der Waals surface area contributed by atoms with E-state index in [1.807, 2.05) is 0 Å². The average Bonchev–Trinajstić information content (AvgIpc) is 2.31. The van der Waals surface area contributed by atoms with Crippen LogP contribution in [-0.4, -0.2) is 47.0 Å². The molecule has 0 rings (SSSR count). The quantitative estimate of drug-likeness (QED) is 0.411. The summed E-state index contributed by atoms with van der Waals surface area (Å²) in [5.41, 5.74) is 0. The van der Waals surface area contributed by atoms with Gasteiger partial charge in [0.15, 0.2) is 0 Å². The lowest BCUT2D eigenvalue weighted by molar-refractivity contribution is -0.135. The third kappa shape index (κ3) is 87.1. The zero-order chi connectivity index (χ0) is 16.2. The van der Waals surface area contributed by atoms with E-state index in [9.17, 15) is 0 Å². The van der Waals surface area contributed by atoms with Crippen molar-refractivity contribution in [3.05, 3.63) is 0 Å². The summed E-state index contributed by atoms with van der Waals surface area (Å²) in [4.78, 5) is 18.0. The molecular formula is C14H34N2O5. The minimum absolute atomic E-state index is 0. The Labute approximate surface area is 128 Å². The van der Waals surface area contributed by atoms with Gasteiger partial charge in [0.05, 0.1) is 0 Å². The molecule has 7 N–H and O–H groups in total. The van der Waals surface area contributed by atoms with Gasteiger partial charge in [-0.2, -0.15) is 0 Å². The summed E-state index contributed by atoms with van der Waals surface area (Å²) < 4.78 is 0. The smallest absolute Gasteiger partial charge is 0.300 e. The van der Waals surface area contributed by atoms with Crippen molar-refractivity contribution in [3.63, 3.8) is 0 Å². The number of hydrogen-bond donors (Lipinski definition) is 5. The molecule has 0 bridgehead atoms. The van der Waals surface area contributed by atoms with Crippen molar-refractivity contribution in [1.29, 1.82) is 0 Å². The summed E-state index contributed by atoms with van der Waals surface area (Å²) in [5, 5.41) is 26.7. The van der Waals surface area contributed by atoms with Gasteiger partial charge in [0.1, 0.15) is 0 Å². The number of carboxylic acid groups (broad SMARTS) is 2. The monoisotopic (exact) mass is 310 g/mol. The molecule has 0 aliphatic rings. The SMILES string of the molecule is CC(=O)O.CC(=O)O.CCCCCNCCCCCO.N. The van der Waals surface area contributed by atoms with Gasteiger partial charge in [-0.1, -0.05) is 19.8 Å². The van der Waals surface area contributed by atoms with Gasteiger partial charge in [-0.25, -0.2) is 0 Å². The predicted molar refractivity (Wildman–Crippen MR) is 85.0 cm³/mol. The number of carbonyl (C=O) groups is 2. The van der Waals surface area contributed by atoms with Gasteiger partial charge < -0.3 is 26.8 Å². The van der Waals surface area contributed by atoms with Crippen LogP contribution in [0.1, 0.15) is 59.3 Å². The van der Waals surface area contributed by atoms with Crippen LogP contribution < -0.4 is 11.5 Å². The molecule has 0 aromatic carbocycles. The van der Waals surface area contributed by atoms with Crippen LogP contribution in [0.15, 0.2) is 0 Å². The number of aliphatic carboxylic acids is 2.